The summed E-state index contributed by atoms with van der Waals surface area (Å²) in [6.07, 6.45) is 6.75. The molecule has 15 nitrogen and oxygen atoms in total. The van der Waals surface area contributed by atoms with Gasteiger partial charge in [0.05, 0.1) is 48.2 Å². The normalized spacial score (nSPS) is 17.1. The number of aromatic nitrogens is 4. The number of anilines is 1. The summed E-state index contributed by atoms with van der Waals surface area (Å²) in [6.45, 7) is 4.63. The summed E-state index contributed by atoms with van der Waals surface area (Å²) in [5.41, 5.74) is 5.34. The van der Waals surface area contributed by atoms with Crippen LogP contribution in [0, 0.1) is 17.2 Å². The summed E-state index contributed by atoms with van der Waals surface area (Å²) < 4.78 is 7.40. The van der Waals surface area contributed by atoms with Gasteiger partial charge >= 0.3 is 0 Å². The predicted octanol–water partition coefficient (Wildman–Crippen LogP) is 4.42. The van der Waals surface area contributed by atoms with Crippen molar-refractivity contribution < 1.29 is 23.9 Å². The van der Waals surface area contributed by atoms with Gasteiger partial charge in [-0.1, -0.05) is 36.4 Å². The summed E-state index contributed by atoms with van der Waals surface area (Å²) in [7, 11) is 0. The molecule has 5 aromatic rings. The molecule has 0 aliphatic carbocycles. The summed E-state index contributed by atoms with van der Waals surface area (Å²) >= 11 is 0. The molecule has 0 unspecified atom stereocenters. The van der Waals surface area contributed by atoms with Gasteiger partial charge < -0.3 is 15.0 Å². The van der Waals surface area contributed by atoms with Crippen molar-refractivity contribution >= 4 is 29.3 Å². The van der Waals surface area contributed by atoms with Crippen LogP contribution in [0.25, 0.3) is 22.6 Å². The van der Waals surface area contributed by atoms with Crippen molar-refractivity contribution in [2.24, 2.45) is 5.92 Å². The molecule has 8 rings (SSSR count). The second kappa shape index (κ2) is 17.9. The van der Waals surface area contributed by atoms with Gasteiger partial charge in [-0.05, 0) is 86.7 Å². The van der Waals surface area contributed by atoms with Crippen LogP contribution in [-0.2, 0) is 27.5 Å². The van der Waals surface area contributed by atoms with E-state index in [1.54, 1.807) is 54.9 Å². The first-order valence-electron chi connectivity index (χ1n) is 20.1. The van der Waals surface area contributed by atoms with Crippen LogP contribution in [0.15, 0.2) is 96.1 Å². The van der Waals surface area contributed by atoms with E-state index < -0.39 is 29.7 Å². The lowest BCUT2D eigenvalue weighted by molar-refractivity contribution is -0.136. The molecular weight excluding hydrogens is 763 g/mol. The Morgan fingerprint density at radius 2 is 1.63 bits per heavy atom. The van der Waals surface area contributed by atoms with E-state index in [1.807, 2.05) is 30.3 Å². The maximum atomic E-state index is 13.4. The number of benzene rings is 3. The van der Waals surface area contributed by atoms with Crippen LogP contribution < -0.4 is 16.2 Å². The Hall–Kier alpha value is -6.89. The van der Waals surface area contributed by atoms with Crippen LogP contribution in [0.2, 0.25) is 0 Å². The zero-order valence-electron chi connectivity index (χ0n) is 32.9. The molecular formula is C45H43N9O6. The van der Waals surface area contributed by atoms with Gasteiger partial charge in [-0.3, -0.25) is 34.2 Å². The van der Waals surface area contributed by atoms with Gasteiger partial charge in [0.15, 0.2) is 5.82 Å². The van der Waals surface area contributed by atoms with Crippen LogP contribution in [0.1, 0.15) is 69.5 Å². The third kappa shape index (κ3) is 8.90. The van der Waals surface area contributed by atoms with E-state index in [9.17, 15) is 29.2 Å². The second-order valence-electron chi connectivity index (χ2n) is 15.3. The molecule has 2 saturated heterocycles. The second-order valence-corrected chi connectivity index (χ2v) is 15.3. The molecule has 0 saturated carbocycles. The quantitative estimate of drug-likeness (QED) is 0.119. The van der Waals surface area contributed by atoms with E-state index >= 15 is 0 Å². The molecule has 3 aromatic carbocycles. The van der Waals surface area contributed by atoms with Crippen molar-refractivity contribution in [3.63, 3.8) is 0 Å². The molecule has 2 aromatic heterocycles. The first-order valence-corrected chi connectivity index (χ1v) is 20.1. The molecule has 1 atom stereocenters. The molecule has 60 heavy (non-hydrogen) atoms. The van der Waals surface area contributed by atoms with Crippen LogP contribution in [0.4, 0.5) is 5.69 Å². The highest BCUT2D eigenvalue weighted by molar-refractivity contribution is 6.25. The Labute approximate surface area is 346 Å². The van der Waals surface area contributed by atoms with Crippen LogP contribution >= 0.6 is 0 Å². The van der Waals surface area contributed by atoms with Crippen LogP contribution in [-0.4, -0.2) is 92.0 Å². The SMILES string of the molecule is N#Cc1cccc(-c2ccc(=O)n(Cc3cccc(-c4ncc(COCCN5CCC(CCNc6cccc7c6C(=O)N([C@H]6CCC(=O)NC6=O)C7=O)CC5)cn4)c3)n2)c1. The molecule has 4 amide bonds. The molecule has 5 heterocycles. The Kier molecular flexibility index (Phi) is 11.9. The number of imide groups is 2. The van der Waals surface area contributed by atoms with Gasteiger partial charge in [-0.2, -0.15) is 10.4 Å². The minimum absolute atomic E-state index is 0.0801. The standard InChI is InChI=1S/C45H43N9O6/c46-24-30-4-1-6-33(22-30)36-10-13-40(56)53(51-36)27-31-5-2-7-34(23-31)42-48-25-32(26-49-42)28-60-21-20-52-18-15-29(16-19-52)14-17-47-37-9-3-8-35-41(37)45(59)54(44(35)58)38-11-12-39(55)50-43(38)57/h1-10,13,22-23,25-26,29,38,47H,11-12,14-21,27-28H2,(H,50,55,57)/t38-/m0/s1. The number of rotatable bonds is 14. The Morgan fingerprint density at radius 3 is 2.43 bits per heavy atom. The fourth-order valence-electron chi connectivity index (χ4n) is 7.98. The Balaban J connectivity index is 0.759. The predicted molar refractivity (Wildman–Crippen MR) is 220 cm³/mol. The molecule has 0 bridgehead atoms. The number of fused-ring (bicyclic) bond motifs is 1. The third-order valence-electron chi connectivity index (χ3n) is 11.2. The highest BCUT2D eigenvalue weighted by Crippen LogP contribution is 2.33. The number of carbonyl (C=O) groups is 4. The van der Waals surface area contributed by atoms with E-state index in [0.717, 1.165) is 66.1 Å². The number of nitriles is 1. The molecule has 2 fully saturated rings. The topological polar surface area (TPSA) is 193 Å². The van der Waals surface area contributed by atoms with Crippen molar-refractivity contribution in [3.8, 4) is 28.7 Å². The third-order valence-corrected chi connectivity index (χ3v) is 11.2. The van der Waals surface area contributed by atoms with E-state index in [-0.39, 0.29) is 36.1 Å². The first-order chi connectivity index (χ1) is 29.2. The molecule has 304 valence electrons. The Morgan fingerprint density at radius 1 is 0.850 bits per heavy atom. The van der Waals surface area contributed by atoms with E-state index in [4.69, 9.17) is 4.74 Å². The molecule has 15 heteroatoms. The van der Waals surface area contributed by atoms with Crippen molar-refractivity contribution in [3.05, 3.63) is 129 Å². The van der Waals surface area contributed by atoms with Crippen LogP contribution in [0.5, 0.6) is 0 Å². The molecule has 0 radical (unpaired) electrons. The fourth-order valence-corrected chi connectivity index (χ4v) is 7.98. The maximum absolute atomic E-state index is 13.4. The van der Waals surface area contributed by atoms with Crippen molar-refractivity contribution in [1.82, 2.24) is 34.9 Å². The highest BCUT2D eigenvalue weighted by atomic mass is 16.5. The number of nitrogens with one attached hydrogen (secondary N) is 2. The fraction of sp³-hybridized carbons (Fsp3) is 0.311. The van der Waals surface area contributed by atoms with Gasteiger partial charge in [-0.25, -0.2) is 14.6 Å². The van der Waals surface area contributed by atoms with Crippen LogP contribution in [0.3, 0.4) is 0 Å². The first kappa shape index (κ1) is 39.9. The number of carbonyl (C=O) groups excluding carboxylic acids is 4. The molecule has 0 spiro atoms. The van der Waals surface area contributed by atoms with Gasteiger partial charge in [0.1, 0.15) is 6.04 Å². The van der Waals surface area contributed by atoms with Crippen molar-refractivity contribution in [1.29, 1.82) is 5.26 Å². The molecule has 3 aliphatic heterocycles. The number of piperidine rings is 2. The minimum atomic E-state index is -0.992. The maximum Gasteiger partial charge on any atom is 0.267 e. The number of ether oxygens (including phenoxy) is 1. The zero-order valence-corrected chi connectivity index (χ0v) is 32.9. The average Bonchev–Trinajstić information content (AvgIpc) is 3.52. The lowest BCUT2D eigenvalue weighted by atomic mass is 9.93. The van der Waals surface area contributed by atoms with E-state index in [0.29, 0.717) is 48.4 Å². The monoisotopic (exact) mass is 805 g/mol. The Bertz CT molecular complexity index is 2540. The molecule has 3 aliphatic rings. The smallest absolute Gasteiger partial charge is 0.267 e. The molecule has 2 N–H and O–H groups in total. The summed E-state index contributed by atoms with van der Waals surface area (Å²) in [5, 5.41) is 19.4. The van der Waals surface area contributed by atoms with Gasteiger partial charge in [-0.15, -0.1) is 0 Å². The lowest BCUT2D eigenvalue weighted by Gasteiger charge is -2.32. The minimum Gasteiger partial charge on any atom is -0.384 e. The summed E-state index contributed by atoms with van der Waals surface area (Å²) in [4.78, 5) is 75.8. The lowest BCUT2D eigenvalue weighted by Crippen LogP contribution is -2.54. The van der Waals surface area contributed by atoms with E-state index in [2.05, 4.69) is 36.7 Å². The van der Waals surface area contributed by atoms with E-state index in [1.165, 1.54) is 10.7 Å². The number of amides is 4. The zero-order chi connectivity index (χ0) is 41.6. The number of nitrogens with zero attached hydrogens (tertiary/aromatic N) is 7. The number of hydrogen-bond acceptors (Lipinski definition) is 12. The summed E-state index contributed by atoms with van der Waals surface area (Å²) in [6, 6.07) is 24.2. The summed E-state index contributed by atoms with van der Waals surface area (Å²) in [5.74, 6) is -0.959. The number of hydrogen-bond donors (Lipinski definition) is 2. The average molecular weight is 806 g/mol. The number of likely N-dealkylation sites (tertiary alicyclic amines) is 1. The van der Waals surface area contributed by atoms with Crippen molar-refractivity contribution in [2.45, 2.75) is 51.3 Å². The largest absolute Gasteiger partial charge is 0.384 e. The van der Waals surface area contributed by atoms with Crippen molar-refractivity contribution in [2.75, 3.05) is 38.1 Å². The van der Waals surface area contributed by atoms with Gasteiger partial charge in [0.25, 0.3) is 17.4 Å². The van der Waals surface area contributed by atoms with Gasteiger partial charge in [0, 0.05) is 60.3 Å². The highest BCUT2D eigenvalue weighted by Gasteiger charge is 2.45. The van der Waals surface area contributed by atoms with Gasteiger partial charge in [0.2, 0.25) is 11.8 Å².